The topological polar surface area (TPSA) is 80.0 Å². The minimum Gasteiger partial charge on any atom is -0.382 e. The number of hydrogen-bond acceptors (Lipinski definition) is 5. The lowest BCUT2D eigenvalue weighted by atomic mass is 10.4. The van der Waals surface area contributed by atoms with Gasteiger partial charge in [0, 0.05) is 7.11 Å². The first kappa shape index (κ1) is 15.3. The van der Waals surface area contributed by atoms with Gasteiger partial charge in [0.1, 0.15) is 6.10 Å². The maximum Gasteiger partial charge on any atom is 0.246 e. The largest absolute Gasteiger partial charge is 0.382 e. The van der Waals surface area contributed by atoms with Crippen LogP contribution in [0.25, 0.3) is 0 Å². The van der Waals surface area contributed by atoms with Gasteiger partial charge in [-0.05, 0) is 6.92 Å². The number of amides is 1. The number of ether oxygens (including phenoxy) is 4. The van der Waals surface area contributed by atoms with Crippen molar-refractivity contribution < 1.29 is 23.7 Å². The molecule has 6 heteroatoms. The van der Waals surface area contributed by atoms with E-state index in [0.29, 0.717) is 39.6 Å². The second kappa shape index (κ2) is 10.8. The van der Waals surface area contributed by atoms with Crippen molar-refractivity contribution in [3.8, 4) is 0 Å². The number of nitrogens with two attached hydrogens (primary N) is 1. The van der Waals surface area contributed by atoms with E-state index in [-0.39, 0.29) is 0 Å². The van der Waals surface area contributed by atoms with E-state index in [1.807, 2.05) is 0 Å². The SMILES string of the molecule is COCCOCCOCCOC(C)C(N)=O. The van der Waals surface area contributed by atoms with E-state index in [1.165, 1.54) is 0 Å². The van der Waals surface area contributed by atoms with Crippen molar-refractivity contribution in [3.05, 3.63) is 0 Å². The molecule has 0 rings (SSSR count). The highest BCUT2D eigenvalue weighted by Crippen LogP contribution is 1.89. The molecule has 16 heavy (non-hydrogen) atoms. The fourth-order valence-electron chi connectivity index (χ4n) is 0.830. The summed E-state index contributed by atoms with van der Waals surface area (Å²) in [4.78, 5) is 10.6. The fraction of sp³-hybridized carbons (Fsp3) is 0.900. The highest BCUT2D eigenvalue weighted by molar-refractivity contribution is 5.78. The summed E-state index contributed by atoms with van der Waals surface area (Å²) in [6.07, 6.45) is -0.568. The highest BCUT2D eigenvalue weighted by atomic mass is 16.6. The zero-order chi connectivity index (χ0) is 12.2. The molecule has 0 aliphatic rings. The Morgan fingerprint density at radius 3 is 2.06 bits per heavy atom. The zero-order valence-corrected chi connectivity index (χ0v) is 9.94. The van der Waals surface area contributed by atoms with Crippen LogP contribution in [0.3, 0.4) is 0 Å². The van der Waals surface area contributed by atoms with Gasteiger partial charge in [0.25, 0.3) is 0 Å². The van der Waals surface area contributed by atoms with Crippen LogP contribution in [0.1, 0.15) is 6.92 Å². The van der Waals surface area contributed by atoms with E-state index in [2.05, 4.69) is 0 Å². The van der Waals surface area contributed by atoms with Crippen LogP contribution in [0, 0.1) is 0 Å². The number of rotatable bonds is 11. The van der Waals surface area contributed by atoms with Crippen LogP contribution in [0.2, 0.25) is 0 Å². The molecule has 0 fully saturated rings. The van der Waals surface area contributed by atoms with Gasteiger partial charge in [-0.15, -0.1) is 0 Å². The molecule has 0 heterocycles. The molecule has 0 bridgehead atoms. The standard InChI is InChI=1S/C10H21NO5/c1-9(10(11)12)16-8-7-15-6-5-14-4-3-13-2/h9H,3-8H2,1-2H3,(H2,11,12). The quantitative estimate of drug-likeness (QED) is 0.491. The van der Waals surface area contributed by atoms with E-state index in [9.17, 15) is 4.79 Å². The van der Waals surface area contributed by atoms with Crippen LogP contribution in [0.15, 0.2) is 0 Å². The van der Waals surface area contributed by atoms with Gasteiger partial charge >= 0.3 is 0 Å². The van der Waals surface area contributed by atoms with Crippen LogP contribution >= 0.6 is 0 Å². The third kappa shape index (κ3) is 9.85. The summed E-state index contributed by atoms with van der Waals surface area (Å²) in [6.45, 7) is 4.55. The van der Waals surface area contributed by atoms with Crippen molar-refractivity contribution in [2.75, 3.05) is 46.8 Å². The van der Waals surface area contributed by atoms with Crippen LogP contribution in [-0.2, 0) is 23.7 Å². The molecule has 0 aromatic carbocycles. The molecule has 2 N–H and O–H groups in total. The average molecular weight is 235 g/mol. The summed E-state index contributed by atoms with van der Waals surface area (Å²) in [5, 5.41) is 0. The number of carbonyl (C=O) groups is 1. The van der Waals surface area contributed by atoms with Crippen molar-refractivity contribution >= 4 is 5.91 Å². The van der Waals surface area contributed by atoms with Gasteiger partial charge < -0.3 is 24.7 Å². The first-order valence-electron chi connectivity index (χ1n) is 5.23. The Morgan fingerprint density at radius 2 is 1.56 bits per heavy atom. The smallest absolute Gasteiger partial charge is 0.246 e. The molecule has 0 aliphatic carbocycles. The molecule has 96 valence electrons. The van der Waals surface area contributed by atoms with Crippen molar-refractivity contribution in [2.45, 2.75) is 13.0 Å². The molecular weight excluding hydrogens is 214 g/mol. The summed E-state index contributed by atoms with van der Waals surface area (Å²) in [5.41, 5.74) is 5.01. The predicted octanol–water partition coefficient (Wildman–Crippen LogP) is -0.444. The molecule has 6 nitrogen and oxygen atoms in total. The summed E-state index contributed by atoms with van der Waals surface area (Å²) in [6, 6.07) is 0. The zero-order valence-electron chi connectivity index (χ0n) is 9.94. The minimum atomic E-state index is -0.568. The average Bonchev–Trinajstić information content (AvgIpc) is 2.26. The normalized spacial score (nSPS) is 12.6. The van der Waals surface area contributed by atoms with E-state index < -0.39 is 12.0 Å². The van der Waals surface area contributed by atoms with Crippen molar-refractivity contribution in [1.82, 2.24) is 0 Å². The van der Waals surface area contributed by atoms with Gasteiger partial charge in [-0.2, -0.15) is 0 Å². The van der Waals surface area contributed by atoms with Crippen LogP contribution in [-0.4, -0.2) is 58.8 Å². The first-order valence-corrected chi connectivity index (χ1v) is 5.23. The van der Waals surface area contributed by atoms with Gasteiger partial charge in [-0.25, -0.2) is 0 Å². The van der Waals surface area contributed by atoms with E-state index in [4.69, 9.17) is 24.7 Å². The van der Waals surface area contributed by atoms with Crippen molar-refractivity contribution in [1.29, 1.82) is 0 Å². The first-order chi connectivity index (χ1) is 7.68. The molecule has 0 aliphatic heterocycles. The molecule has 0 radical (unpaired) electrons. The third-order valence-corrected chi connectivity index (χ3v) is 1.80. The van der Waals surface area contributed by atoms with E-state index >= 15 is 0 Å². The van der Waals surface area contributed by atoms with Gasteiger partial charge in [-0.3, -0.25) is 4.79 Å². The molecular formula is C10H21NO5. The van der Waals surface area contributed by atoms with Crippen LogP contribution < -0.4 is 5.73 Å². The number of primary amides is 1. The fourth-order valence-corrected chi connectivity index (χ4v) is 0.830. The Kier molecular flexibility index (Phi) is 10.3. The Hall–Kier alpha value is -0.690. The van der Waals surface area contributed by atoms with E-state index in [1.54, 1.807) is 14.0 Å². The monoisotopic (exact) mass is 235 g/mol. The lowest BCUT2D eigenvalue weighted by Crippen LogP contribution is -2.29. The summed E-state index contributed by atoms with van der Waals surface area (Å²) < 4.78 is 20.3. The lowest BCUT2D eigenvalue weighted by molar-refractivity contribution is -0.129. The van der Waals surface area contributed by atoms with Crippen molar-refractivity contribution in [3.63, 3.8) is 0 Å². The van der Waals surface area contributed by atoms with Gasteiger partial charge in [0.2, 0.25) is 5.91 Å². The number of carbonyl (C=O) groups excluding carboxylic acids is 1. The van der Waals surface area contributed by atoms with Crippen LogP contribution in [0.4, 0.5) is 0 Å². The Labute approximate surface area is 96.0 Å². The lowest BCUT2D eigenvalue weighted by Gasteiger charge is -2.09. The Morgan fingerprint density at radius 1 is 1.06 bits per heavy atom. The Bertz CT molecular complexity index is 177. The number of methoxy groups -OCH3 is 1. The van der Waals surface area contributed by atoms with Crippen LogP contribution in [0.5, 0.6) is 0 Å². The molecule has 1 atom stereocenters. The third-order valence-electron chi connectivity index (χ3n) is 1.80. The molecule has 0 aromatic rings. The van der Waals surface area contributed by atoms with Gasteiger partial charge in [0.15, 0.2) is 0 Å². The summed E-state index contributed by atoms with van der Waals surface area (Å²) in [7, 11) is 1.62. The number of hydrogen-bond donors (Lipinski definition) is 1. The molecule has 1 amide bonds. The van der Waals surface area contributed by atoms with E-state index in [0.717, 1.165) is 0 Å². The maximum atomic E-state index is 10.6. The van der Waals surface area contributed by atoms with Gasteiger partial charge in [-0.1, -0.05) is 0 Å². The maximum absolute atomic E-state index is 10.6. The highest BCUT2D eigenvalue weighted by Gasteiger charge is 2.07. The molecule has 1 unspecified atom stereocenters. The van der Waals surface area contributed by atoms with Crippen molar-refractivity contribution in [2.24, 2.45) is 5.73 Å². The summed E-state index contributed by atoms with van der Waals surface area (Å²) in [5.74, 6) is -0.470. The molecule has 0 spiro atoms. The molecule has 0 aromatic heterocycles. The second-order valence-electron chi connectivity index (χ2n) is 3.13. The molecule has 0 saturated heterocycles. The Balaban J connectivity index is 3.07. The second-order valence-corrected chi connectivity index (χ2v) is 3.13. The van der Waals surface area contributed by atoms with Gasteiger partial charge in [0.05, 0.1) is 39.6 Å². The summed E-state index contributed by atoms with van der Waals surface area (Å²) >= 11 is 0. The predicted molar refractivity (Wildman–Crippen MR) is 58.1 cm³/mol. The minimum absolute atomic E-state index is 0.349. The molecule has 0 saturated carbocycles.